The third kappa shape index (κ3) is 3.61. The highest BCUT2D eigenvalue weighted by Crippen LogP contribution is 2.45. The monoisotopic (exact) mass is 378 g/mol. The van der Waals surface area contributed by atoms with Gasteiger partial charge < -0.3 is 0 Å². The molecule has 0 N–H and O–H groups in total. The summed E-state index contributed by atoms with van der Waals surface area (Å²) in [5, 5.41) is 0.716. The van der Waals surface area contributed by atoms with E-state index < -0.39 is 0 Å². The fraction of sp³-hybridized carbons (Fsp3) is 0.368. The molecule has 0 saturated carbocycles. The number of benzene rings is 1. The Hall–Kier alpha value is -1.10. The number of halogens is 1. The summed E-state index contributed by atoms with van der Waals surface area (Å²) < 4.78 is 0.977. The molecule has 1 heterocycles. The van der Waals surface area contributed by atoms with Gasteiger partial charge in [-0.2, -0.15) is 0 Å². The van der Waals surface area contributed by atoms with Crippen molar-refractivity contribution >= 4 is 46.3 Å². The molecule has 0 spiro atoms. The molecular weight excluding hydrogens is 360 g/mol. The van der Waals surface area contributed by atoms with Crippen LogP contribution in [-0.2, 0) is 12.2 Å². The Bertz CT molecular complexity index is 804. The Morgan fingerprint density at radius 2 is 1.92 bits per heavy atom. The van der Waals surface area contributed by atoms with E-state index >= 15 is 0 Å². The lowest BCUT2D eigenvalue weighted by molar-refractivity contribution is 0.0910. The summed E-state index contributed by atoms with van der Waals surface area (Å²) in [5.74, 6) is 0.988. The van der Waals surface area contributed by atoms with Crippen molar-refractivity contribution in [1.29, 1.82) is 0 Å². The Morgan fingerprint density at radius 1 is 1.25 bits per heavy atom. The minimum Gasteiger partial charge on any atom is -0.294 e. The van der Waals surface area contributed by atoms with Crippen molar-refractivity contribution in [3.05, 3.63) is 50.9 Å². The summed E-state index contributed by atoms with van der Waals surface area (Å²) in [7, 11) is 0. The molecule has 0 unspecified atom stereocenters. The molecule has 0 aliphatic heterocycles. The summed E-state index contributed by atoms with van der Waals surface area (Å²) in [6, 6.07) is 7.73. The average molecular weight is 379 g/mol. The lowest BCUT2D eigenvalue weighted by Gasteiger charge is -2.29. The second kappa shape index (κ2) is 6.66. The van der Waals surface area contributed by atoms with Gasteiger partial charge in [0.15, 0.2) is 11.6 Å². The van der Waals surface area contributed by atoms with Crippen LogP contribution >= 0.6 is 34.7 Å². The third-order valence-electron chi connectivity index (χ3n) is 4.15. The fourth-order valence-corrected chi connectivity index (χ4v) is 5.70. The van der Waals surface area contributed by atoms with E-state index in [-0.39, 0.29) is 17.0 Å². The summed E-state index contributed by atoms with van der Waals surface area (Å²) in [6.45, 7) is 5.78. The molecule has 0 radical (unpaired) electrons. The molecule has 3 rings (SSSR count). The van der Waals surface area contributed by atoms with Gasteiger partial charge in [-0.05, 0) is 42.0 Å². The number of rotatable bonds is 4. The average Bonchev–Trinajstić information content (AvgIpc) is 2.84. The van der Waals surface area contributed by atoms with Crippen LogP contribution in [0.3, 0.4) is 0 Å². The van der Waals surface area contributed by atoms with Gasteiger partial charge in [-0.3, -0.25) is 9.59 Å². The zero-order valence-corrected chi connectivity index (χ0v) is 16.3. The molecule has 2 aromatic rings. The van der Waals surface area contributed by atoms with Gasteiger partial charge in [0.1, 0.15) is 0 Å². The number of hydrogen-bond donors (Lipinski definition) is 0. The van der Waals surface area contributed by atoms with E-state index in [0.29, 0.717) is 11.4 Å². The van der Waals surface area contributed by atoms with Crippen molar-refractivity contribution < 1.29 is 9.59 Å². The van der Waals surface area contributed by atoms with Gasteiger partial charge in [0.2, 0.25) is 0 Å². The number of carbonyl (C=O) groups excluding carboxylic acids is 2. The highest BCUT2D eigenvalue weighted by molar-refractivity contribution is 8.00. The highest BCUT2D eigenvalue weighted by Gasteiger charge is 2.36. The van der Waals surface area contributed by atoms with E-state index in [9.17, 15) is 9.59 Å². The van der Waals surface area contributed by atoms with Gasteiger partial charge in [0.25, 0.3) is 0 Å². The standard InChI is InChI=1S/C19H19ClO2S2/c1-11(21)17-14-8-19(2,3)9-15(22)16(14)18(24-17)23-10-12-4-6-13(20)7-5-12/h4-7H,8-10H2,1-3H3. The topological polar surface area (TPSA) is 34.1 Å². The smallest absolute Gasteiger partial charge is 0.170 e. The number of hydrogen-bond acceptors (Lipinski definition) is 4. The summed E-state index contributed by atoms with van der Waals surface area (Å²) in [6.07, 6.45) is 1.34. The zero-order valence-electron chi connectivity index (χ0n) is 13.9. The molecular formula is C19H19ClO2S2. The van der Waals surface area contributed by atoms with Crippen LogP contribution in [0.2, 0.25) is 5.02 Å². The molecule has 1 aromatic carbocycles. The van der Waals surface area contributed by atoms with Crippen molar-refractivity contribution in [3.8, 4) is 0 Å². The second-order valence-electron chi connectivity index (χ2n) is 6.98. The Balaban J connectivity index is 1.93. The van der Waals surface area contributed by atoms with E-state index in [2.05, 4.69) is 13.8 Å². The quantitative estimate of drug-likeness (QED) is 0.479. The SMILES string of the molecule is CC(=O)c1sc(SCc2ccc(Cl)cc2)c2c1CC(C)(C)CC2=O. The predicted octanol–water partition coefficient (Wildman–Crippen LogP) is 6.05. The molecule has 0 atom stereocenters. The molecule has 24 heavy (non-hydrogen) atoms. The third-order valence-corrected chi connectivity index (χ3v) is 7.08. The van der Waals surface area contributed by atoms with E-state index in [1.54, 1.807) is 18.7 Å². The normalized spacial score (nSPS) is 16.1. The number of fused-ring (bicyclic) bond motifs is 1. The molecule has 0 saturated heterocycles. The van der Waals surface area contributed by atoms with E-state index in [1.165, 1.54) is 11.3 Å². The lowest BCUT2D eigenvalue weighted by Crippen LogP contribution is -2.27. The van der Waals surface area contributed by atoms with Crippen LogP contribution in [0.1, 0.15) is 58.3 Å². The maximum absolute atomic E-state index is 12.7. The first-order valence-electron chi connectivity index (χ1n) is 7.84. The Morgan fingerprint density at radius 3 is 2.54 bits per heavy atom. The molecule has 1 aromatic heterocycles. The van der Waals surface area contributed by atoms with Crippen LogP contribution in [0, 0.1) is 5.41 Å². The summed E-state index contributed by atoms with van der Waals surface area (Å²) in [4.78, 5) is 25.5. The Labute approximate surface area is 155 Å². The number of Topliss-reactive ketones (excluding diaryl/α,β-unsaturated/α-hetero) is 2. The number of carbonyl (C=O) groups is 2. The molecule has 1 aliphatic rings. The minimum atomic E-state index is -0.0759. The van der Waals surface area contributed by atoms with Crippen molar-refractivity contribution in [2.45, 2.75) is 43.6 Å². The van der Waals surface area contributed by atoms with Gasteiger partial charge in [0.05, 0.1) is 9.09 Å². The number of ketones is 2. The maximum atomic E-state index is 12.7. The van der Waals surface area contributed by atoms with Crippen LogP contribution in [0.15, 0.2) is 28.5 Å². The first-order valence-corrected chi connectivity index (χ1v) is 10.0. The Kier molecular flexibility index (Phi) is 4.92. The van der Waals surface area contributed by atoms with E-state index in [1.807, 2.05) is 24.3 Å². The largest absolute Gasteiger partial charge is 0.294 e. The van der Waals surface area contributed by atoms with Crippen LogP contribution < -0.4 is 0 Å². The molecule has 2 nitrogen and oxygen atoms in total. The summed E-state index contributed by atoms with van der Waals surface area (Å²) >= 11 is 9.04. The molecule has 5 heteroatoms. The zero-order chi connectivity index (χ0) is 17.5. The molecule has 0 bridgehead atoms. The first-order chi connectivity index (χ1) is 11.3. The molecule has 126 valence electrons. The fourth-order valence-electron chi connectivity index (χ4n) is 3.07. The van der Waals surface area contributed by atoms with Crippen LogP contribution in [0.25, 0.3) is 0 Å². The number of thioether (sulfide) groups is 1. The van der Waals surface area contributed by atoms with Gasteiger partial charge in [-0.15, -0.1) is 23.1 Å². The molecule has 0 amide bonds. The van der Waals surface area contributed by atoms with Crippen molar-refractivity contribution in [2.24, 2.45) is 5.41 Å². The lowest BCUT2D eigenvalue weighted by atomic mass is 9.74. The number of thiophene rings is 1. The van der Waals surface area contributed by atoms with Gasteiger partial charge in [-0.1, -0.05) is 37.6 Å². The minimum absolute atomic E-state index is 0.0556. The predicted molar refractivity (Wildman–Crippen MR) is 102 cm³/mol. The van der Waals surface area contributed by atoms with Crippen molar-refractivity contribution in [2.75, 3.05) is 0 Å². The van der Waals surface area contributed by atoms with Crippen LogP contribution in [0.5, 0.6) is 0 Å². The van der Waals surface area contributed by atoms with Gasteiger partial charge >= 0.3 is 0 Å². The van der Waals surface area contributed by atoms with Gasteiger partial charge in [0, 0.05) is 22.8 Å². The molecule has 0 fully saturated rings. The highest BCUT2D eigenvalue weighted by atomic mass is 35.5. The molecule has 1 aliphatic carbocycles. The van der Waals surface area contributed by atoms with Crippen molar-refractivity contribution in [3.63, 3.8) is 0 Å². The van der Waals surface area contributed by atoms with Crippen LogP contribution in [-0.4, -0.2) is 11.6 Å². The summed E-state index contributed by atoms with van der Waals surface area (Å²) in [5.41, 5.74) is 2.84. The van der Waals surface area contributed by atoms with Crippen LogP contribution in [0.4, 0.5) is 0 Å². The van der Waals surface area contributed by atoms with Gasteiger partial charge in [-0.25, -0.2) is 0 Å². The van der Waals surface area contributed by atoms with Crippen molar-refractivity contribution in [1.82, 2.24) is 0 Å². The van der Waals surface area contributed by atoms with E-state index in [0.717, 1.165) is 38.0 Å². The maximum Gasteiger partial charge on any atom is 0.170 e. The first kappa shape index (κ1) is 17.7. The second-order valence-corrected chi connectivity index (χ2v) is 9.69. The van der Waals surface area contributed by atoms with E-state index in [4.69, 9.17) is 11.6 Å².